The van der Waals surface area contributed by atoms with Crippen LogP contribution in [0.25, 0.3) is 0 Å². The molecule has 0 aromatic rings. The van der Waals surface area contributed by atoms with Gasteiger partial charge in [-0.25, -0.2) is 4.79 Å². The van der Waals surface area contributed by atoms with Crippen molar-refractivity contribution >= 4 is 12.0 Å². The molecule has 0 aromatic carbocycles. The van der Waals surface area contributed by atoms with E-state index in [-0.39, 0.29) is 12.6 Å². The van der Waals surface area contributed by atoms with E-state index in [0.29, 0.717) is 13.0 Å². The zero-order valence-corrected chi connectivity index (χ0v) is 8.73. The molecule has 1 aliphatic heterocycles. The molecule has 0 radical (unpaired) electrons. The van der Waals surface area contributed by atoms with Gasteiger partial charge in [-0.3, -0.25) is 9.69 Å². The Hall–Kier alpha value is -1.30. The predicted octanol–water partition coefficient (Wildman–Crippen LogP) is 0.239. The summed E-state index contributed by atoms with van der Waals surface area (Å²) >= 11 is 0. The molecule has 1 aliphatic rings. The monoisotopic (exact) mass is 216 g/mol. The van der Waals surface area contributed by atoms with Gasteiger partial charge in [-0.2, -0.15) is 0 Å². The Morgan fingerprint density at radius 2 is 2.27 bits per heavy atom. The van der Waals surface area contributed by atoms with Crippen LogP contribution in [-0.4, -0.2) is 48.4 Å². The van der Waals surface area contributed by atoms with Crippen molar-refractivity contribution in [2.24, 2.45) is 0 Å². The van der Waals surface area contributed by atoms with Crippen molar-refractivity contribution < 1.29 is 19.4 Å². The van der Waals surface area contributed by atoms with Crippen LogP contribution in [0.3, 0.4) is 0 Å². The Kier molecular flexibility index (Phi) is 4.36. The highest BCUT2D eigenvalue weighted by Crippen LogP contribution is 2.16. The summed E-state index contributed by atoms with van der Waals surface area (Å²) in [5.74, 6) is -0.279. The maximum Gasteiger partial charge on any atom is 0.407 e. The summed E-state index contributed by atoms with van der Waals surface area (Å²) in [4.78, 5) is 23.6. The summed E-state index contributed by atoms with van der Waals surface area (Å²) in [6.07, 6.45) is 1.25. The van der Waals surface area contributed by atoms with Gasteiger partial charge in [0, 0.05) is 13.7 Å². The standard InChI is InChI=1S/C9H16N2O4/c1-15-6-10-8(12)7-4-2-3-5-11(7)9(13)14/h7H,2-6H2,1H3,(H,10,12)(H,13,14)/t7-/m0/s1. The van der Waals surface area contributed by atoms with E-state index < -0.39 is 12.1 Å². The first-order valence-corrected chi connectivity index (χ1v) is 4.93. The molecule has 86 valence electrons. The molecule has 15 heavy (non-hydrogen) atoms. The van der Waals surface area contributed by atoms with Crippen molar-refractivity contribution in [2.45, 2.75) is 25.3 Å². The molecule has 6 heteroatoms. The van der Waals surface area contributed by atoms with Crippen molar-refractivity contribution in [2.75, 3.05) is 20.4 Å². The van der Waals surface area contributed by atoms with Gasteiger partial charge in [-0.15, -0.1) is 0 Å². The lowest BCUT2D eigenvalue weighted by Gasteiger charge is -2.32. The number of piperidine rings is 1. The number of nitrogens with zero attached hydrogens (tertiary/aromatic N) is 1. The quantitative estimate of drug-likeness (QED) is 0.662. The first-order chi connectivity index (χ1) is 7.16. The minimum atomic E-state index is -1.03. The van der Waals surface area contributed by atoms with Gasteiger partial charge in [0.15, 0.2) is 0 Å². The number of methoxy groups -OCH3 is 1. The fourth-order valence-corrected chi connectivity index (χ4v) is 1.69. The Labute approximate surface area is 88.2 Å². The minimum absolute atomic E-state index is 0.114. The van der Waals surface area contributed by atoms with Crippen molar-refractivity contribution in [3.8, 4) is 0 Å². The van der Waals surface area contributed by atoms with Crippen LogP contribution in [0, 0.1) is 0 Å². The van der Waals surface area contributed by atoms with Gasteiger partial charge < -0.3 is 15.2 Å². The lowest BCUT2D eigenvalue weighted by atomic mass is 10.0. The molecule has 0 unspecified atom stereocenters. The Morgan fingerprint density at radius 1 is 1.53 bits per heavy atom. The average molecular weight is 216 g/mol. The summed E-state index contributed by atoms with van der Waals surface area (Å²) in [7, 11) is 1.47. The number of ether oxygens (including phenoxy) is 1. The van der Waals surface area contributed by atoms with Gasteiger partial charge in [0.2, 0.25) is 5.91 Å². The van der Waals surface area contributed by atoms with Crippen LogP contribution in [-0.2, 0) is 9.53 Å². The largest absolute Gasteiger partial charge is 0.465 e. The molecule has 2 amide bonds. The highest BCUT2D eigenvalue weighted by atomic mass is 16.5. The molecule has 2 N–H and O–H groups in total. The van der Waals surface area contributed by atoms with Crippen LogP contribution < -0.4 is 5.32 Å². The highest BCUT2D eigenvalue weighted by molar-refractivity contribution is 5.85. The van der Waals surface area contributed by atoms with Crippen molar-refractivity contribution in [1.29, 1.82) is 0 Å². The van der Waals surface area contributed by atoms with Gasteiger partial charge in [0.1, 0.15) is 12.8 Å². The van der Waals surface area contributed by atoms with E-state index in [1.54, 1.807) is 0 Å². The topological polar surface area (TPSA) is 78.9 Å². The summed E-state index contributed by atoms with van der Waals surface area (Å²) < 4.78 is 4.70. The number of hydrogen-bond donors (Lipinski definition) is 2. The normalized spacial score (nSPS) is 21.1. The van der Waals surface area contributed by atoms with Crippen molar-refractivity contribution in [1.82, 2.24) is 10.2 Å². The van der Waals surface area contributed by atoms with Crippen LogP contribution in [0.15, 0.2) is 0 Å². The van der Waals surface area contributed by atoms with E-state index in [4.69, 9.17) is 9.84 Å². The molecule has 1 rings (SSSR count). The van der Waals surface area contributed by atoms with E-state index >= 15 is 0 Å². The van der Waals surface area contributed by atoms with E-state index in [2.05, 4.69) is 5.32 Å². The molecule has 0 aromatic heterocycles. The van der Waals surface area contributed by atoms with E-state index in [0.717, 1.165) is 12.8 Å². The fourth-order valence-electron chi connectivity index (χ4n) is 1.69. The lowest BCUT2D eigenvalue weighted by molar-refractivity contribution is -0.128. The van der Waals surface area contributed by atoms with Gasteiger partial charge in [-0.05, 0) is 19.3 Å². The van der Waals surface area contributed by atoms with E-state index in [9.17, 15) is 9.59 Å². The maximum atomic E-state index is 11.6. The zero-order valence-electron chi connectivity index (χ0n) is 8.73. The maximum absolute atomic E-state index is 11.6. The number of carbonyl (C=O) groups is 2. The van der Waals surface area contributed by atoms with E-state index in [1.165, 1.54) is 12.0 Å². The summed E-state index contributed by atoms with van der Waals surface area (Å²) in [6.45, 7) is 0.545. The number of hydrogen-bond acceptors (Lipinski definition) is 3. The van der Waals surface area contributed by atoms with Crippen molar-refractivity contribution in [3.05, 3.63) is 0 Å². The Balaban J connectivity index is 2.55. The zero-order chi connectivity index (χ0) is 11.3. The van der Waals surface area contributed by atoms with Gasteiger partial charge in [0.05, 0.1) is 0 Å². The smallest absolute Gasteiger partial charge is 0.407 e. The molecular weight excluding hydrogens is 200 g/mol. The van der Waals surface area contributed by atoms with Crippen molar-refractivity contribution in [3.63, 3.8) is 0 Å². The average Bonchev–Trinajstić information content (AvgIpc) is 2.25. The number of carboxylic acid groups (broad SMARTS) is 1. The molecule has 1 fully saturated rings. The van der Waals surface area contributed by atoms with Gasteiger partial charge >= 0.3 is 6.09 Å². The second-order valence-electron chi connectivity index (χ2n) is 3.46. The predicted molar refractivity (Wildman–Crippen MR) is 52.4 cm³/mol. The third-order valence-corrected chi connectivity index (χ3v) is 2.44. The molecule has 6 nitrogen and oxygen atoms in total. The number of likely N-dealkylation sites (tertiary alicyclic amines) is 1. The molecule has 0 saturated carbocycles. The first kappa shape index (κ1) is 11.8. The van der Waals surface area contributed by atoms with Gasteiger partial charge in [-0.1, -0.05) is 0 Å². The third-order valence-electron chi connectivity index (χ3n) is 2.44. The fraction of sp³-hybridized carbons (Fsp3) is 0.778. The number of rotatable bonds is 3. The summed E-state index contributed by atoms with van der Waals surface area (Å²) in [5.41, 5.74) is 0. The molecule has 1 atom stereocenters. The van der Waals surface area contributed by atoms with Gasteiger partial charge in [0.25, 0.3) is 0 Å². The van der Waals surface area contributed by atoms with Crippen LogP contribution in [0.4, 0.5) is 4.79 Å². The molecule has 0 aliphatic carbocycles. The summed E-state index contributed by atoms with van der Waals surface area (Å²) in [6, 6.07) is -0.564. The van der Waals surface area contributed by atoms with Crippen LogP contribution in [0.5, 0.6) is 0 Å². The Bertz CT molecular complexity index is 244. The van der Waals surface area contributed by atoms with Crippen LogP contribution >= 0.6 is 0 Å². The second kappa shape index (κ2) is 5.55. The number of nitrogens with one attached hydrogen (secondary N) is 1. The molecule has 0 spiro atoms. The molecular formula is C9H16N2O4. The van der Waals surface area contributed by atoms with Crippen LogP contribution in [0.2, 0.25) is 0 Å². The minimum Gasteiger partial charge on any atom is -0.465 e. The number of amides is 2. The lowest BCUT2D eigenvalue weighted by Crippen LogP contribution is -2.51. The SMILES string of the molecule is COCNC(=O)[C@@H]1CCCCN1C(=O)O. The van der Waals surface area contributed by atoms with E-state index in [1.807, 2.05) is 0 Å². The molecule has 0 bridgehead atoms. The Morgan fingerprint density at radius 3 is 2.87 bits per heavy atom. The highest BCUT2D eigenvalue weighted by Gasteiger charge is 2.31. The first-order valence-electron chi connectivity index (χ1n) is 4.93. The number of carbonyl (C=O) groups excluding carboxylic acids is 1. The summed E-state index contributed by atoms with van der Waals surface area (Å²) in [5, 5.41) is 11.4. The van der Waals surface area contributed by atoms with Crippen LogP contribution in [0.1, 0.15) is 19.3 Å². The molecule has 1 heterocycles. The third kappa shape index (κ3) is 3.09. The second-order valence-corrected chi connectivity index (χ2v) is 3.46. The molecule has 1 saturated heterocycles.